The maximum absolute atomic E-state index is 12.5. The average molecular weight is 375 g/mol. The minimum absolute atomic E-state index is 0.152. The van der Waals surface area contributed by atoms with Gasteiger partial charge < -0.3 is 24.3 Å². The first-order chi connectivity index (χ1) is 11.8. The first-order valence-corrected chi connectivity index (χ1v) is 9.25. The number of hydrogen-bond acceptors (Lipinski definition) is 9. The number of rotatable bonds is 7. The van der Waals surface area contributed by atoms with Gasteiger partial charge in [0, 0.05) is 26.5 Å². The molecule has 0 radical (unpaired) electrons. The van der Waals surface area contributed by atoms with E-state index in [4.69, 9.17) is 19.5 Å². The molecule has 2 N–H and O–H groups in total. The summed E-state index contributed by atoms with van der Waals surface area (Å²) < 4.78 is 34.0. The van der Waals surface area contributed by atoms with Crippen LogP contribution in [0.2, 0.25) is 0 Å². The highest BCUT2D eigenvalue weighted by atomic mass is 31.2. The number of carbonyl (C=O) groups is 1. The molecule has 1 aliphatic carbocycles. The molecule has 0 amide bonds. The van der Waals surface area contributed by atoms with E-state index in [1.807, 2.05) is 0 Å². The molecular formula is C14H22N3O7P. The van der Waals surface area contributed by atoms with Gasteiger partial charge in [0.1, 0.15) is 5.82 Å². The van der Waals surface area contributed by atoms with Crippen molar-refractivity contribution in [3.8, 4) is 0 Å². The van der Waals surface area contributed by atoms with Crippen LogP contribution in [0.25, 0.3) is 0 Å². The van der Waals surface area contributed by atoms with Gasteiger partial charge >= 0.3 is 19.3 Å². The second kappa shape index (κ2) is 8.09. The predicted molar refractivity (Wildman–Crippen MR) is 88.1 cm³/mol. The molecule has 0 saturated heterocycles. The van der Waals surface area contributed by atoms with Crippen molar-refractivity contribution in [2.45, 2.75) is 37.3 Å². The SMILES string of the molecule is COC(=O)C(O[C@H]1CC[C@@H](n2ccc(N)nc2=O)C1)P(=O)(OC)OC. The average Bonchev–Trinajstić information content (AvgIpc) is 3.06. The third kappa shape index (κ3) is 4.27. The molecule has 1 aliphatic rings. The highest BCUT2D eigenvalue weighted by Crippen LogP contribution is 2.53. The van der Waals surface area contributed by atoms with Gasteiger partial charge in [0.25, 0.3) is 5.85 Å². The number of esters is 1. The quantitative estimate of drug-likeness (QED) is 0.545. The number of nitrogens with two attached hydrogens (primary N) is 1. The summed E-state index contributed by atoms with van der Waals surface area (Å²) in [6.07, 6.45) is 2.78. The molecule has 0 spiro atoms. The fraction of sp³-hybridized carbons (Fsp3) is 0.643. The zero-order chi connectivity index (χ0) is 18.6. The van der Waals surface area contributed by atoms with Gasteiger partial charge in [0.05, 0.1) is 13.2 Å². The van der Waals surface area contributed by atoms with Crippen molar-refractivity contribution in [3.63, 3.8) is 0 Å². The summed E-state index contributed by atoms with van der Waals surface area (Å²) in [5.74, 6) is -2.18. The summed E-state index contributed by atoms with van der Waals surface area (Å²) in [5.41, 5.74) is 5.04. The van der Waals surface area contributed by atoms with Crippen LogP contribution >= 0.6 is 7.60 Å². The molecule has 0 aliphatic heterocycles. The van der Waals surface area contributed by atoms with Gasteiger partial charge in [-0.2, -0.15) is 4.98 Å². The largest absolute Gasteiger partial charge is 0.467 e. The van der Waals surface area contributed by atoms with E-state index >= 15 is 0 Å². The van der Waals surface area contributed by atoms with Crippen LogP contribution in [-0.2, 0) is 27.9 Å². The lowest BCUT2D eigenvalue weighted by Gasteiger charge is -2.25. The van der Waals surface area contributed by atoms with Crippen LogP contribution in [0.5, 0.6) is 0 Å². The number of anilines is 1. The Hall–Kier alpha value is -1.74. The van der Waals surface area contributed by atoms with Gasteiger partial charge in [-0.1, -0.05) is 0 Å². The molecule has 25 heavy (non-hydrogen) atoms. The predicted octanol–water partition coefficient (Wildman–Crippen LogP) is 0.921. The summed E-state index contributed by atoms with van der Waals surface area (Å²) in [6.45, 7) is 0. The summed E-state index contributed by atoms with van der Waals surface area (Å²) in [5, 5.41) is 0. The molecule has 1 fully saturated rings. The Morgan fingerprint density at radius 3 is 2.60 bits per heavy atom. The minimum atomic E-state index is -3.82. The zero-order valence-corrected chi connectivity index (χ0v) is 15.2. The number of methoxy groups -OCH3 is 1. The van der Waals surface area contributed by atoms with E-state index in [9.17, 15) is 14.2 Å². The van der Waals surface area contributed by atoms with Crippen molar-refractivity contribution in [1.29, 1.82) is 0 Å². The van der Waals surface area contributed by atoms with Crippen molar-refractivity contribution < 1.29 is 27.9 Å². The van der Waals surface area contributed by atoms with E-state index in [1.165, 1.54) is 24.9 Å². The Morgan fingerprint density at radius 1 is 1.36 bits per heavy atom. The van der Waals surface area contributed by atoms with Crippen molar-refractivity contribution in [3.05, 3.63) is 22.7 Å². The molecule has 3 atom stereocenters. The minimum Gasteiger partial charge on any atom is -0.467 e. The molecule has 10 nitrogen and oxygen atoms in total. The van der Waals surface area contributed by atoms with E-state index in [2.05, 4.69) is 9.72 Å². The van der Waals surface area contributed by atoms with Crippen molar-refractivity contribution in [1.82, 2.24) is 9.55 Å². The standard InChI is InChI=1S/C14H22N3O7P/c1-21-12(18)13(25(20,22-2)23-3)24-10-5-4-9(8-10)17-7-6-11(15)16-14(17)19/h6-7,9-10,13H,4-5,8H2,1-3H3,(H2,15,16,19)/t9-,10+,13?/m1/s1. The second-order valence-corrected chi connectivity index (χ2v) is 7.83. The fourth-order valence-corrected chi connectivity index (χ4v) is 4.02. The summed E-state index contributed by atoms with van der Waals surface area (Å²) in [7, 11) is -0.326. The maximum Gasteiger partial charge on any atom is 0.370 e. The molecule has 1 saturated carbocycles. The number of nitrogen functional groups attached to an aromatic ring is 1. The van der Waals surface area contributed by atoms with E-state index in [1.54, 1.807) is 6.20 Å². The number of carbonyl (C=O) groups excluding carboxylic acids is 1. The molecule has 0 bridgehead atoms. The number of hydrogen-bond donors (Lipinski definition) is 1. The summed E-state index contributed by atoms with van der Waals surface area (Å²) >= 11 is 0. The molecule has 1 aromatic rings. The smallest absolute Gasteiger partial charge is 0.370 e. The first-order valence-electron chi connectivity index (χ1n) is 7.63. The van der Waals surface area contributed by atoms with E-state index in [-0.39, 0.29) is 11.9 Å². The third-order valence-corrected chi connectivity index (χ3v) is 6.05. The van der Waals surface area contributed by atoms with E-state index in [0.29, 0.717) is 19.3 Å². The summed E-state index contributed by atoms with van der Waals surface area (Å²) in [6, 6.07) is 1.38. The monoisotopic (exact) mass is 375 g/mol. The normalized spacial score (nSPS) is 21.9. The van der Waals surface area contributed by atoms with Crippen LogP contribution in [0, 0.1) is 0 Å². The Morgan fingerprint density at radius 2 is 2.04 bits per heavy atom. The van der Waals surface area contributed by atoms with Gasteiger partial charge in [0.2, 0.25) is 0 Å². The molecule has 11 heteroatoms. The Bertz CT molecular complexity index is 715. The Balaban J connectivity index is 2.13. The lowest BCUT2D eigenvalue weighted by Crippen LogP contribution is -2.31. The molecule has 140 valence electrons. The lowest BCUT2D eigenvalue weighted by atomic mass is 10.2. The van der Waals surface area contributed by atoms with E-state index in [0.717, 1.165) is 7.11 Å². The highest BCUT2D eigenvalue weighted by molar-refractivity contribution is 7.55. The highest BCUT2D eigenvalue weighted by Gasteiger charge is 2.45. The first kappa shape index (κ1) is 19.6. The summed E-state index contributed by atoms with van der Waals surface area (Å²) in [4.78, 5) is 27.6. The van der Waals surface area contributed by atoms with Crippen LogP contribution in [0.1, 0.15) is 25.3 Å². The van der Waals surface area contributed by atoms with Crippen LogP contribution in [0.3, 0.4) is 0 Å². The maximum atomic E-state index is 12.5. The van der Waals surface area contributed by atoms with Crippen molar-refractivity contribution >= 4 is 19.4 Å². The van der Waals surface area contributed by atoms with Gasteiger partial charge in [-0.25, -0.2) is 9.59 Å². The molecule has 1 aromatic heterocycles. The molecule has 1 unspecified atom stereocenters. The van der Waals surface area contributed by atoms with Gasteiger partial charge in [-0.15, -0.1) is 0 Å². The Labute approximate surface area is 144 Å². The van der Waals surface area contributed by atoms with E-state index < -0.39 is 31.2 Å². The molecule has 0 aromatic carbocycles. The molecule has 1 heterocycles. The fourth-order valence-electron chi connectivity index (χ4n) is 2.81. The number of aromatic nitrogens is 2. The number of ether oxygens (including phenoxy) is 2. The van der Waals surface area contributed by atoms with Crippen LogP contribution < -0.4 is 11.4 Å². The van der Waals surface area contributed by atoms with Gasteiger partial charge in [-0.3, -0.25) is 9.13 Å². The zero-order valence-electron chi connectivity index (χ0n) is 14.3. The van der Waals surface area contributed by atoms with Crippen molar-refractivity contribution in [2.24, 2.45) is 0 Å². The second-order valence-electron chi connectivity index (χ2n) is 5.55. The van der Waals surface area contributed by atoms with Gasteiger partial charge in [-0.05, 0) is 25.3 Å². The van der Waals surface area contributed by atoms with Gasteiger partial charge in [0.15, 0.2) is 0 Å². The Kier molecular flexibility index (Phi) is 6.34. The van der Waals surface area contributed by atoms with Crippen molar-refractivity contribution in [2.75, 3.05) is 27.1 Å². The molecule has 2 rings (SSSR count). The van der Waals surface area contributed by atoms with Crippen LogP contribution in [-0.4, -0.2) is 48.8 Å². The lowest BCUT2D eigenvalue weighted by molar-refractivity contribution is -0.152. The third-order valence-electron chi connectivity index (χ3n) is 4.12. The van der Waals surface area contributed by atoms with Crippen LogP contribution in [0.15, 0.2) is 17.1 Å². The topological polar surface area (TPSA) is 132 Å². The number of nitrogens with zero attached hydrogens (tertiary/aromatic N) is 2. The van der Waals surface area contributed by atoms with Crippen LogP contribution in [0.4, 0.5) is 5.82 Å². The molecular weight excluding hydrogens is 353 g/mol.